The fourth-order valence-corrected chi connectivity index (χ4v) is 2.06. The Bertz CT molecular complexity index is 439. The Morgan fingerprint density at radius 2 is 1.50 bits per heavy atom. The number of halogens is 2. The molecule has 0 bridgehead atoms. The monoisotopic (exact) mass is 248 g/mol. The molecule has 0 atom stereocenters. The van der Waals surface area contributed by atoms with E-state index in [1.165, 1.54) is 5.56 Å². The van der Waals surface area contributed by atoms with Gasteiger partial charge < -0.3 is 0 Å². The Balaban J connectivity index is 2.09. The third-order valence-electron chi connectivity index (χ3n) is 2.49. The molecule has 0 saturated heterocycles. The molecule has 0 aliphatic carbocycles. The molecule has 2 aromatic rings. The summed E-state index contributed by atoms with van der Waals surface area (Å²) in [5.74, 6) is 0. The molecule has 0 heterocycles. The molecule has 0 aliphatic heterocycles. The van der Waals surface area contributed by atoms with Crippen molar-refractivity contribution in [3.63, 3.8) is 0 Å². The van der Waals surface area contributed by atoms with Crippen molar-refractivity contribution >= 4 is 34.7 Å². The zero-order valence-corrected chi connectivity index (χ0v) is 10.2. The molecule has 0 fully saturated rings. The number of benzene rings is 2. The molecule has 2 aromatic carbocycles. The molecule has 0 unspecified atom stereocenters. The highest BCUT2D eigenvalue weighted by Crippen LogP contribution is 2.08. The fourth-order valence-electron chi connectivity index (χ4n) is 1.61. The van der Waals surface area contributed by atoms with E-state index in [2.05, 4.69) is 12.1 Å². The molecule has 16 heavy (non-hydrogen) atoms. The van der Waals surface area contributed by atoms with E-state index in [1.54, 1.807) is 0 Å². The maximum atomic E-state index is 6.35. The van der Waals surface area contributed by atoms with Gasteiger partial charge in [-0.25, -0.2) is 0 Å². The molecule has 0 spiro atoms. The van der Waals surface area contributed by atoms with E-state index in [-0.39, 0.29) is 6.13 Å². The van der Waals surface area contributed by atoms with Gasteiger partial charge in [-0.05, 0) is 18.5 Å². The van der Waals surface area contributed by atoms with Crippen molar-refractivity contribution in [2.24, 2.45) is 0 Å². The lowest BCUT2D eigenvalue weighted by atomic mass is 9.63. The van der Waals surface area contributed by atoms with Crippen molar-refractivity contribution in [3.05, 3.63) is 65.2 Å². The van der Waals surface area contributed by atoms with Crippen molar-refractivity contribution < 1.29 is 0 Å². The second-order valence-corrected chi connectivity index (χ2v) is 4.67. The molecule has 0 aliphatic rings. The Hall–Kier alpha value is -0.915. The van der Waals surface area contributed by atoms with Gasteiger partial charge in [-0.2, -0.15) is 11.5 Å². The molecular weight excluding hydrogens is 238 g/mol. The lowest BCUT2D eigenvalue weighted by molar-refractivity contribution is 1.38. The molecular formula is C13H11BCl2. The van der Waals surface area contributed by atoms with Gasteiger partial charge >= 0.3 is 0 Å². The lowest BCUT2D eigenvalue weighted by Gasteiger charge is -2.06. The van der Waals surface area contributed by atoms with Crippen molar-refractivity contribution in [2.45, 2.75) is 6.32 Å². The summed E-state index contributed by atoms with van der Waals surface area (Å²) in [7, 11) is 0. The van der Waals surface area contributed by atoms with Crippen LogP contribution in [0.15, 0.2) is 54.6 Å². The Morgan fingerprint density at radius 1 is 0.875 bits per heavy atom. The third-order valence-corrected chi connectivity index (χ3v) is 3.15. The van der Waals surface area contributed by atoms with Gasteiger partial charge in [-0.1, -0.05) is 65.1 Å². The predicted octanol–water partition coefficient (Wildman–Crippen LogP) is 3.56. The van der Waals surface area contributed by atoms with Crippen molar-refractivity contribution in [1.29, 1.82) is 0 Å². The van der Waals surface area contributed by atoms with E-state index in [4.69, 9.17) is 23.1 Å². The van der Waals surface area contributed by atoms with Crippen LogP contribution in [0.2, 0.25) is 5.02 Å². The van der Waals surface area contributed by atoms with Crippen LogP contribution in [0, 0.1) is 0 Å². The third kappa shape index (κ3) is 3.04. The number of rotatable bonds is 3. The minimum absolute atomic E-state index is 0.000309. The predicted molar refractivity (Wildman–Crippen MR) is 72.8 cm³/mol. The van der Waals surface area contributed by atoms with E-state index in [1.807, 2.05) is 42.5 Å². The van der Waals surface area contributed by atoms with Crippen LogP contribution < -0.4 is 5.46 Å². The number of hydrogen-bond donors (Lipinski definition) is 0. The minimum atomic E-state index is -0.000309. The van der Waals surface area contributed by atoms with Crippen molar-refractivity contribution in [3.8, 4) is 0 Å². The second-order valence-electron chi connectivity index (χ2n) is 3.71. The van der Waals surface area contributed by atoms with Gasteiger partial charge in [-0.15, -0.1) is 0 Å². The SMILES string of the molecule is ClB(Cc1ccccc1)c1ccc(Cl)cc1. The minimum Gasteiger partial charge on any atom is -0.188 e. The lowest BCUT2D eigenvalue weighted by Crippen LogP contribution is -2.26. The van der Waals surface area contributed by atoms with Gasteiger partial charge in [0, 0.05) is 5.02 Å². The maximum absolute atomic E-state index is 6.35. The van der Waals surface area contributed by atoms with Crippen LogP contribution in [0.25, 0.3) is 0 Å². The van der Waals surface area contributed by atoms with Gasteiger partial charge in [0.2, 0.25) is 0 Å². The van der Waals surface area contributed by atoms with Crippen LogP contribution >= 0.6 is 23.1 Å². The molecule has 0 radical (unpaired) electrons. The highest BCUT2D eigenvalue weighted by atomic mass is 35.5. The summed E-state index contributed by atoms with van der Waals surface area (Å²) in [5.41, 5.74) is 2.35. The van der Waals surface area contributed by atoms with E-state index >= 15 is 0 Å². The zero-order chi connectivity index (χ0) is 11.4. The van der Waals surface area contributed by atoms with Crippen LogP contribution in [0.5, 0.6) is 0 Å². The molecule has 0 N–H and O–H groups in total. The molecule has 2 rings (SSSR count). The standard InChI is InChI=1S/C13H11BCl2/c15-13-8-6-12(7-9-13)14(16)10-11-4-2-1-3-5-11/h1-9H,10H2. The Morgan fingerprint density at radius 3 is 2.12 bits per heavy atom. The van der Waals surface area contributed by atoms with Gasteiger partial charge in [0.25, 0.3) is 6.13 Å². The molecule has 0 nitrogen and oxygen atoms in total. The second kappa shape index (κ2) is 5.42. The topological polar surface area (TPSA) is 0 Å². The highest BCUT2D eigenvalue weighted by Gasteiger charge is 2.13. The summed E-state index contributed by atoms with van der Waals surface area (Å²) in [6, 6.07) is 17.9. The first-order valence-corrected chi connectivity index (χ1v) is 6.00. The summed E-state index contributed by atoms with van der Waals surface area (Å²) in [5, 5.41) is 0.743. The highest BCUT2D eigenvalue weighted by molar-refractivity contribution is 7.13. The van der Waals surface area contributed by atoms with Crippen LogP contribution in [-0.4, -0.2) is 6.13 Å². The van der Waals surface area contributed by atoms with E-state index < -0.39 is 0 Å². The van der Waals surface area contributed by atoms with Gasteiger partial charge in [0.05, 0.1) is 0 Å². The quantitative estimate of drug-likeness (QED) is 0.729. The van der Waals surface area contributed by atoms with Gasteiger partial charge in [0.15, 0.2) is 0 Å². The molecule has 0 saturated carbocycles. The summed E-state index contributed by atoms with van der Waals surface area (Å²) in [4.78, 5) is 0. The average Bonchev–Trinajstić information content (AvgIpc) is 2.31. The molecule has 80 valence electrons. The largest absolute Gasteiger partial charge is 0.287 e. The first-order valence-electron chi connectivity index (χ1n) is 5.19. The van der Waals surface area contributed by atoms with Crippen LogP contribution in [0.1, 0.15) is 5.56 Å². The summed E-state index contributed by atoms with van der Waals surface area (Å²) < 4.78 is 0. The first kappa shape index (κ1) is 11.6. The van der Waals surface area contributed by atoms with E-state index in [9.17, 15) is 0 Å². The molecule has 0 aromatic heterocycles. The van der Waals surface area contributed by atoms with Crippen LogP contribution in [0.4, 0.5) is 0 Å². The summed E-state index contributed by atoms with van der Waals surface area (Å²) in [6.45, 7) is 0. The zero-order valence-electron chi connectivity index (χ0n) is 8.74. The van der Waals surface area contributed by atoms with Crippen LogP contribution in [-0.2, 0) is 6.32 Å². The van der Waals surface area contributed by atoms with Gasteiger partial charge in [-0.3, -0.25) is 0 Å². The van der Waals surface area contributed by atoms with E-state index in [0.717, 1.165) is 16.8 Å². The van der Waals surface area contributed by atoms with Crippen LogP contribution in [0.3, 0.4) is 0 Å². The van der Waals surface area contributed by atoms with E-state index in [0.29, 0.717) is 0 Å². The molecule has 0 amide bonds. The Labute approximate surface area is 106 Å². The summed E-state index contributed by atoms with van der Waals surface area (Å²) in [6.07, 6.45) is 0.837. The smallest absolute Gasteiger partial charge is 0.188 e. The first-order chi connectivity index (χ1) is 7.75. The average molecular weight is 249 g/mol. The van der Waals surface area contributed by atoms with Crippen molar-refractivity contribution in [2.75, 3.05) is 0 Å². The fraction of sp³-hybridized carbons (Fsp3) is 0.0769. The normalized spacial score (nSPS) is 10.1. The summed E-state index contributed by atoms with van der Waals surface area (Å²) >= 11 is 12.2. The molecule has 3 heteroatoms. The van der Waals surface area contributed by atoms with Crippen molar-refractivity contribution in [1.82, 2.24) is 0 Å². The maximum Gasteiger partial charge on any atom is 0.287 e. The van der Waals surface area contributed by atoms with Gasteiger partial charge in [0.1, 0.15) is 0 Å². The number of hydrogen-bond acceptors (Lipinski definition) is 0. The Kier molecular flexibility index (Phi) is 3.92.